The summed E-state index contributed by atoms with van der Waals surface area (Å²) in [6, 6.07) is 43.6. The van der Waals surface area contributed by atoms with Crippen molar-refractivity contribution in [3.8, 4) is 22.6 Å². The van der Waals surface area contributed by atoms with E-state index in [-0.39, 0.29) is 11.8 Å². The Labute approximate surface area is 363 Å². The van der Waals surface area contributed by atoms with Crippen molar-refractivity contribution >= 4 is 6.09 Å². The fourth-order valence-corrected chi connectivity index (χ4v) is 8.73. The monoisotopic (exact) mass is 827 g/mol. The predicted molar refractivity (Wildman–Crippen MR) is 243 cm³/mol. The van der Waals surface area contributed by atoms with Gasteiger partial charge in [0.05, 0.1) is 40.6 Å². The molecular weight excluding hydrogens is 763 g/mol. The molecule has 8 nitrogen and oxygen atoms in total. The van der Waals surface area contributed by atoms with Gasteiger partial charge in [0.25, 0.3) is 0 Å². The zero-order valence-electron chi connectivity index (χ0n) is 37.1. The van der Waals surface area contributed by atoms with E-state index in [0.717, 1.165) is 34.6 Å². The maximum atomic E-state index is 12.5. The van der Waals surface area contributed by atoms with Gasteiger partial charge in [0, 0.05) is 19.1 Å². The summed E-state index contributed by atoms with van der Waals surface area (Å²) in [5, 5.41) is 2.81. The fraction of sp³-hybridized carbons (Fsp3) is 0.415. The normalized spacial score (nSPS) is 14.9. The van der Waals surface area contributed by atoms with Crippen molar-refractivity contribution in [2.75, 3.05) is 60.4 Å². The number of benzene rings is 5. The van der Waals surface area contributed by atoms with Crippen LogP contribution in [0.15, 0.2) is 127 Å². The molecule has 1 aliphatic carbocycles. The van der Waals surface area contributed by atoms with Gasteiger partial charge in [-0.3, -0.25) is 0 Å². The highest BCUT2D eigenvalue weighted by atomic mass is 16.6. The van der Waals surface area contributed by atoms with Crippen LogP contribution in [0.3, 0.4) is 0 Å². The van der Waals surface area contributed by atoms with E-state index in [1.807, 2.05) is 54.6 Å². The Bertz CT molecular complexity index is 1990. The maximum Gasteiger partial charge on any atom is 0.407 e. The van der Waals surface area contributed by atoms with Crippen molar-refractivity contribution in [2.45, 2.75) is 52.6 Å². The van der Waals surface area contributed by atoms with Gasteiger partial charge in [0.15, 0.2) is 0 Å². The Hall–Kier alpha value is -5.15. The third-order valence-electron chi connectivity index (χ3n) is 13.1. The molecule has 6 rings (SSSR count). The van der Waals surface area contributed by atoms with Crippen LogP contribution >= 0.6 is 0 Å². The number of nitrogens with one attached hydrogen (secondary N) is 1. The number of ether oxygens (including phenoxy) is 6. The van der Waals surface area contributed by atoms with Crippen LogP contribution in [-0.4, -0.2) is 66.5 Å². The largest absolute Gasteiger partial charge is 0.497 e. The van der Waals surface area contributed by atoms with Gasteiger partial charge in [-0.15, -0.1) is 0 Å². The molecule has 0 aromatic heterocycles. The first kappa shape index (κ1) is 45.4. The number of amides is 1. The third-order valence-corrected chi connectivity index (χ3v) is 13.1. The summed E-state index contributed by atoms with van der Waals surface area (Å²) in [6.07, 6.45) is 0.538. The van der Waals surface area contributed by atoms with Crippen LogP contribution in [-0.2, 0) is 24.5 Å². The van der Waals surface area contributed by atoms with E-state index in [0.29, 0.717) is 69.9 Å². The first-order chi connectivity index (χ1) is 29.7. The minimum atomic E-state index is -0.837. The second-order valence-electron chi connectivity index (χ2n) is 16.6. The van der Waals surface area contributed by atoms with Crippen LogP contribution in [0.2, 0.25) is 0 Å². The van der Waals surface area contributed by atoms with Gasteiger partial charge < -0.3 is 33.7 Å². The summed E-state index contributed by atoms with van der Waals surface area (Å²) < 4.78 is 35.7. The highest BCUT2D eigenvalue weighted by Crippen LogP contribution is 2.45. The molecule has 324 valence electrons. The Morgan fingerprint density at radius 1 is 0.574 bits per heavy atom. The molecule has 1 amide bonds. The first-order valence-corrected chi connectivity index (χ1v) is 21.9. The molecule has 0 heterocycles. The average molecular weight is 828 g/mol. The van der Waals surface area contributed by atoms with Crippen LogP contribution in [0.25, 0.3) is 11.1 Å². The van der Waals surface area contributed by atoms with E-state index in [4.69, 9.17) is 28.4 Å². The van der Waals surface area contributed by atoms with Gasteiger partial charge >= 0.3 is 6.09 Å². The van der Waals surface area contributed by atoms with Crippen molar-refractivity contribution in [1.29, 1.82) is 0 Å². The molecule has 0 aliphatic heterocycles. The fourth-order valence-electron chi connectivity index (χ4n) is 8.73. The molecule has 0 radical (unpaired) electrons. The minimum absolute atomic E-state index is 0.0378. The minimum Gasteiger partial charge on any atom is -0.497 e. The highest BCUT2D eigenvalue weighted by Gasteiger charge is 2.39. The molecule has 0 bridgehead atoms. The molecule has 5 aromatic rings. The number of fused-ring (bicyclic) bond motifs is 3. The second kappa shape index (κ2) is 22.1. The average Bonchev–Trinajstić information content (AvgIpc) is 3.63. The van der Waals surface area contributed by atoms with Gasteiger partial charge in [-0.05, 0) is 99.2 Å². The molecule has 5 atom stereocenters. The maximum absolute atomic E-state index is 12.5. The van der Waals surface area contributed by atoms with Crippen molar-refractivity contribution < 1.29 is 33.2 Å². The number of alkyl carbamates (subject to hydrolysis) is 1. The molecule has 0 saturated heterocycles. The Balaban J connectivity index is 0.919. The summed E-state index contributed by atoms with van der Waals surface area (Å²) in [7, 11) is 3.38. The zero-order valence-corrected chi connectivity index (χ0v) is 37.1. The number of carbonyl (C=O) groups excluding carboxylic acids is 1. The SMILES string of the molecule is COc1ccc(C(OC[C@@H](C)[C@H](C)[C@H](C)[C@@H](C)C(C)CCOCCOCCNC(=O)OCC2c3ccccc3-c3ccccc32)(c2ccccc2)c2ccc(OC)cc2)cc1. The highest BCUT2D eigenvalue weighted by molar-refractivity contribution is 5.79. The van der Waals surface area contributed by atoms with E-state index in [2.05, 4.69) is 113 Å². The quantitative estimate of drug-likeness (QED) is 0.0518. The summed E-state index contributed by atoms with van der Waals surface area (Å²) in [6.45, 7) is 15.1. The number of hydrogen-bond acceptors (Lipinski definition) is 7. The lowest BCUT2D eigenvalue weighted by atomic mass is 9.73. The van der Waals surface area contributed by atoms with Gasteiger partial charge in [0.1, 0.15) is 23.7 Å². The summed E-state index contributed by atoms with van der Waals surface area (Å²) in [5.41, 5.74) is 7.12. The van der Waals surface area contributed by atoms with E-state index in [1.165, 1.54) is 22.3 Å². The zero-order chi connectivity index (χ0) is 43.2. The number of hydrogen-bond donors (Lipinski definition) is 1. The molecule has 0 saturated carbocycles. The predicted octanol–water partition coefficient (Wildman–Crippen LogP) is 11.2. The lowest BCUT2D eigenvalue weighted by Gasteiger charge is -2.39. The second-order valence-corrected chi connectivity index (χ2v) is 16.6. The third kappa shape index (κ3) is 11.0. The van der Waals surface area contributed by atoms with Gasteiger partial charge in [-0.25, -0.2) is 4.79 Å². The summed E-state index contributed by atoms with van der Waals surface area (Å²) >= 11 is 0. The van der Waals surface area contributed by atoms with Crippen LogP contribution in [0.4, 0.5) is 4.79 Å². The number of rotatable bonds is 23. The van der Waals surface area contributed by atoms with Crippen molar-refractivity contribution in [3.05, 3.63) is 155 Å². The van der Waals surface area contributed by atoms with Crippen LogP contribution < -0.4 is 14.8 Å². The smallest absolute Gasteiger partial charge is 0.407 e. The van der Waals surface area contributed by atoms with Gasteiger partial charge in [-0.2, -0.15) is 0 Å². The molecule has 5 aromatic carbocycles. The van der Waals surface area contributed by atoms with Crippen LogP contribution in [0.5, 0.6) is 11.5 Å². The van der Waals surface area contributed by atoms with Gasteiger partial charge in [0.2, 0.25) is 0 Å². The molecule has 0 spiro atoms. The molecule has 61 heavy (non-hydrogen) atoms. The van der Waals surface area contributed by atoms with Gasteiger partial charge in [-0.1, -0.05) is 138 Å². The molecule has 1 N–H and O–H groups in total. The number of carbonyl (C=O) groups is 1. The number of methoxy groups -OCH3 is 2. The summed E-state index contributed by atoms with van der Waals surface area (Å²) in [4.78, 5) is 12.5. The standard InChI is InChI=1S/C53H65NO7/c1-37(29-31-58-33-34-59-32-30-54-52(55)60-36-51-49-19-13-11-17-47(49)48-18-12-14-20-50(48)51)39(3)41(5)40(4)38(2)35-61-53(42-15-9-8-10-16-42,43-21-25-45(56-6)26-22-43)44-23-27-46(57-7)28-24-44/h8-28,37-41,51H,29-36H2,1-7H3,(H,54,55)/t37?,38-,39+,40+,41-/m1/s1. The van der Waals surface area contributed by atoms with E-state index in [1.54, 1.807) is 14.2 Å². The van der Waals surface area contributed by atoms with Crippen molar-refractivity contribution in [1.82, 2.24) is 5.32 Å². The van der Waals surface area contributed by atoms with E-state index >= 15 is 0 Å². The Kier molecular flexibility index (Phi) is 16.4. The van der Waals surface area contributed by atoms with Crippen molar-refractivity contribution in [3.63, 3.8) is 0 Å². The molecular formula is C53H65NO7. The Morgan fingerprint density at radius 3 is 1.62 bits per heavy atom. The molecule has 1 aliphatic rings. The van der Waals surface area contributed by atoms with E-state index < -0.39 is 11.7 Å². The van der Waals surface area contributed by atoms with Crippen molar-refractivity contribution in [2.24, 2.45) is 29.6 Å². The Morgan fingerprint density at radius 2 is 1.07 bits per heavy atom. The van der Waals surface area contributed by atoms with E-state index in [9.17, 15) is 4.79 Å². The molecule has 1 unspecified atom stereocenters. The van der Waals surface area contributed by atoms with Crippen LogP contribution in [0.1, 0.15) is 74.8 Å². The summed E-state index contributed by atoms with van der Waals surface area (Å²) in [5.74, 6) is 3.78. The lowest BCUT2D eigenvalue weighted by Crippen LogP contribution is -2.36. The topological polar surface area (TPSA) is 84.5 Å². The molecule has 8 heteroatoms. The lowest BCUT2D eigenvalue weighted by molar-refractivity contribution is -0.0234. The van der Waals surface area contributed by atoms with Crippen LogP contribution in [0, 0.1) is 29.6 Å². The first-order valence-electron chi connectivity index (χ1n) is 21.9. The molecule has 0 fully saturated rings.